The lowest BCUT2D eigenvalue weighted by molar-refractivity contribution is -0.151. The van der Waals surface area contributed by atoms with E-state index >= 15 is 0 Å². The minimum Gasteiger partial charge on any atom is -0.497 e. The van der Waals surface area contributed by atoms with Gasteiger partial charge < -0.3 is 14.2 Å². The van der Waals surface area contributed by atoms with Gasteiger partial charge in [-0.15, -0.1) is 0 Å². The zero-order valence-corrected chi connectivity index (χ0v) is 12.3. The quantitative estimate of drug-likeness (QED) is 0.795. The van der Waals surface area contributed by atoms with Crippen LogP contribution in [0.3, 0.4) is 0 Å². The maximum absolute atomic E-state index is 12.2. The highest BCUT2D eigenvalue weighted by Gasteiger charge is 2.26. The van der Waals surface area contributed by atoms with Gasteiger partial charge >= 0.3 is 11.9 Å². The molecule has 0 bridgehead atoms. The zero-order chi connectivity index (χ0) is 15.9. The van der Waals surface area contributed by atoms with Crippen LogP contribution >= 0.6 is 0 Å². The molecule has 0 saturated carbocycles. The second-order valence-electron chi connectivity index (χ2n) is 4.45. The van der Waals surface area contributed by atoms with Crippen LogP contribution in [0.15, 0.2) is 54.6 Å². The van der Waals surface area contributed by atoms with E-state index in [1.807, 2.05) is 6.07 Å². The highest BCUT2D eigenvalue weighted by Crippen LogP contribution is 2.21. The van der Waals surface area contributed by atoms with Gasteiger partial charge in [-0.3, -0.25) is 0 Å². The molecule has 2 aromatic carbocycles. The summed E-state index contributed by atoms with van der Waals surface area (Å²) in [5.41, 5.74) is 0.877. The van der Waals surface area contributed by atoms with Crippen molar-refractivity contribution >= 4 is 11.9 Å². The second kappa shape index (κ2) is 7.26. The van der Waals surface area contributed by atoms with E-state index in [2.05, 4.69) is 0 Å². The molecule has 0 radical (unpaired) electrons. The first-order chi connectivity index (χ1) is 10.7. The Morgan fingerprint density at radius 2 is 1.55 bits per heavy atom. The summed E-state index contributed by atoms with van der Waals surface area (Å²) in [5, 5.41) is 0. The van der Waals surface area contributed by atoms with Crippen LogP contribution in [0.4, 0.5) is 0 Å². The van der Waals surface area contributed by atoms with Crippen LogP contribution in [0.2, 0.25) is 0 Å². The van der Waals surface area contributed by atoms with Crippen LogP contribution in [-0.4, -0.2) is 26.2 Å². The smallest absolute Gasteiger partial charge is 0.351 e. The standard InChI is InChI=1S/C17H16O5/c1-20-14-10-8-13(9-11-14)16(18)22-15(17(19)21-2)12-6-4-3-5-7-12/h3-11,15H,1-2H3. The summed E-state index contributed by atoms with van der Waals surface area (Å²) < 4.78 is 15.0. The van der Waals surface area contributed by atoms with Gasteiger partial charge in [-0.1, -0.05) is 30.3 Å². The Morgan fingerprint density at radius 3 is 2.09 bits per heavy atom. The van der Waals surface area contributed by atoms with Crippen LogP contribution in [0.25, 0.3) is 0 Å². The maximum Gasteiger partial charge on any atom is 0.351 e. The molecule has 0 aliphatic carbocycles. The van der Waals surface area contributed by atoms with Gasteiger partial charge in [-0.05, 0) is 24.3 Å². The molecule has 0 spiro atoms. The van der Waals surface area contributed by atoms with Crippen LogP contribution in [0.5, 0.6) is 5.75 Å². The van der Waals surface area contributed by atoms with Crippen molar-refractivity contribution in [3.8, 4) is 5.75 Å². The first-order valence-corrected chi connectivity index (χ1v) is 6.63. The van der Waals surface area contributed by atoms with E-state index in [0.29, 0.717) is 16.9 Å². The first-order valence-electron chi connectivity index (χ1n) is 6.63. The van der Waals surface area contributed by atoms with Gasteiger partial charge in [-0.25, -0.2) is 9.59 Å². The van der Waals surface area contributed by atoms with Gasteiger partial charge in [-0.2, -0.15) is 0 Å². The molecule has 0 saturated heterocycles. The van der Waals surface area contributed by atoms with Crippen molar-refractivity contribution in [2.45, 2.75) is 6.10 Å². The van der Waals surface area contributed by atoms with E-state index < -0.39 is 18.0 Å². The molecule has 0 amide bonds. The lowest BCUT2D eigenvalue weighted by Gasteiger charge is -2.16. The Labute approximate surface area is 128 Å². The van der Waals surface area contributed by atoms with E-state index in [4.69, 9.17) is 14.2 Å². The van der Waals surface area contributed by atoms with Crippen LogP contribution in [0.1, 0.15) is 22.0 Å². The van der Waals surface area contributed by atoms with E-state index in [1.54, 1.807) is 48.5 Å². The second-order valence-corrected chi connectivity index (χ2v) is 4.45. The van der Waals surface area contributed by atoms with E-state index in [1.165, 1.54) is 14.2 Å². The normalized spacial score (nSPS) is 11.4. The molecule has 0 aromatic heterocycles. The molecule has 2 rings (SSSR count). The molecule has 5 nitrogen and oxygen atoms in total. The van der Waals surface area contributed by atoms with Crippen molar-refractivity contribution in [3.05, 3.63) is 65.7 Å². The van der Waals surface area contributed by atoms with Gasteiger partial charge in [0.1, 0.15) is 5.75 Å². The summed E-state index contributed by atoms with van der Waals surface area (Å²) in [5.74, 6) is -0.612. The molecule has 1 unspecified atom stereocenters. The predicted molar refractivity (Wildman–Crippen MR) is 79.6 cm³/mol. The van der Waals surface area contributed by atoms with Crippen LogP contribution in [-0.2, 0) is 14.3 Å². The van der Waals surface area contributed by atoms with Crippen molar-refractivity contribution in [1.29, 1.82) is 0 Å². The van der Waals surface area contributed by atoms with Crippen molar-refractivity contribution in [2.75, 3.05) is 14.2 Å². The molecule has 0 aliphatic rings. The van der Waals surface area contributed by atoms with Gasteiger partial charge in [0, 0.05) is 5.56 Å². The molecular weight excluding hydrogens is 284 g/mol. The summed E-state index contributed by atoms with van der Waals surface area (Å²) in [7, 11) is 2.79. The third kappa shape index (κ3) is 3.63. The third-order valence-corrected chi connectivity index (χ3v) is 3.07. The van der Waals surface area contributed by atoms with Crippen LogP contribution < -0.4 is 4.74 Å². The van der Waals surface area contributed by atoms with Crippen molar-refractivity contribution < 1.29 is 23.8 Å². The fraction of sp³-hybridized carbons (Fsp3) is 0.176. The summed E-state index contributed by atoms with van der Waals surface area (Å²) >= 11 is 0. The molecule has 0 heterocycles. The topological polar surface area (TPSA) is 61.8 Å². The average Bonchev–Trinajstić information content (AvgIpc) is 2.59. The lowest BCUT2D eigenvalue weighted by Crippen LogP contribution is -2.21. The predicted octanol–water partition coefficient (Wildman–Crippen LogP) is 2.77. The molecule has 2 aromatic rings. The molecule has 0 N–H and O–H groups in total. The van der Waals surface area contributed by atoms with E-state index in [0.717, 1.165) is 0 Å². The Kier molecular flexibility index (Phi) is 5.14. The molecule has 0 aliphatic heterocycles. The number of hydrogen-bond donors (Lipinski definition) is 0. The number of carbonyl (C=O) groups is 2. The molecular formula is C17H16O5. The minimum atomic E-state index is -1.10. The fourth-order valence-electron chi connectivity index (χ4n) is 1.89. The summed E-state index contributed by atoms with van der Waals surface area (Å²) in [6.07, 6.45) is -1.10. The van der Waals surface area contributed by atoms with Gasteiger partial charge in [0.25, 0.3) is 0 Å². The van der Waals surface area contributed by atoms with Gasteiger partial charge in [0.2, 0.25) is 6.10 Å². The summed E-state index contributed by atoms with van der Waals surface area (Å²) in [6, 6.07) is 15.1. The Bertz CT molecular complexity index is 634. The van der Waals surface area contributed by atoms with E-state index in [-0.39, 0.29) is 0 Å². The first kappa shape index (κ1) is 15.6. The SMILES string of the molecule is COC(=O)C(OC(=O)c1ccc(OC)cc1)c1ccccc1. The number of rotatable bonds is 5. The van der Waals surface area contributed by atoms with Crippen molar-refractivity contribution in [3.63, 3.8) is 0 Å². The van der Waals surface area contributed by atoms with Crippen LogP contribution in [0, 0.1) is 0 Å². The summed E-state index contributed by atoms with van der Waals surface area (Å²) in [4.78, 5) is 24.0. The number of carbonyl (C=O) groups excluding carboxylic acids is 2. The molecule has 5 heteroatoms. The largest absolute Gasteiger partial charge is 0.497 e. The maximum atomic E-state index is 12.2. The number of esters is 2. The molecule has 114 valence electrons. The zero-order valence-electron chi connectivity index (χ0n) is 12.3. The Balaban J connectivity index is 2.19. The Morgan fingerprint density at radius 1 is 0.909 bits per heavy atom. The molecule has 22 heavy (non-hydrogen) atoms. The fourth-order valence-corrected chi connectivity index (χ4v) is 1.89. The van der Waals surface area contributed by atoms with Gasteiger partial charge in [0.05, 0.1) is 19.8 Å². The number of hydrogen-bond acceptors (Lipinski definition) is 5. The lowest BCUT2D eigenvalue weighted by atomic mass is 10.1. The van der Waals surface area contributed by atoms with Gasteiger partial charge in [0.15, 0.2) is 0 Å². The number of benzene rings is 2. The average molecular weight is 300 g/mol. The highest BCUT2D eigenvalue weighted by molar-refractivity contribution is 5.91. The summed E-state index contributed by atoms with van der Waals surface area (Å²) in [6.45, 7) is 0. The molecule has 0 fully saturated rings. The van der Waals surface area contributed by atoms with E-state index in [9.17, 15) is 9.59 Å². The van der Waals surface area contributed by atoms with Crippen molar-refractivity contribution in [2.24, 2.45) is 0 Å². The highest BCUT2D eigenvalue weighted by atomic mass is 16.6. The number of methoxy groups -OCH3 is 2. The molecule has 1 atom stereocenters. The minimum absolute atomic E-state index is 0.325. The number of ether oxygens (including phenoxy) is 3. The van der Waals surface area contributed by atoms with Crippen molar-refractivity contribution in [1.82, 2.24) is 0 Å². The monoisotopic (exact) mass is 300 g/mol. The third-order valence-electron chi connectivity index (χ3n) is 3.07. The Hall–Kier alpha value is -2.82.